The smallest absolute Gasteiger partial charge is 0.311 e. The highest BCUT2D eigenvalue weighted by Crippen LogP contribution is 2.33. The second kappa shape index (κ2) is 32.9. The van der Waals surface area contributed by atoms with Crippen LogP contribution in [0.5, 0.6) is 34.5 Å². The fourth-order valence-electron chi connectivity index (χ4n) is 9.44. The van der Waals surface area contributed by atoms with Gasteiger partial charge in [-0.25, -0.2) is 0 Å². The molecule has 84 heavy (non-hydrogen) atoms. The maximum Gasteiger partial charge on any atom is 0.311 e. The third-order valence-corrected chi connectivity index (χ3v) is 13.9. The van der Waals surface area contributed by atoms with Gasteiger partial charge in [0.1, 0.15) is 34.5 Å². The fourth-order valence-corrected chi connectivity index (χ4v) is 9.44. The van der Waals surface area contributed by atoms with Crippen molar-refractivity contribution in [3.63, 3.8) is 0 Å². The van der Waals surface area contributed by atoms with Gasteiger partial charge in [-0.2, -0.15) is 0 Å². The van der Waals surface area contributed by atoms with Crippen LogP contribution in [-0.4, -0.2) is 35.8 Å². The van der Waals surface area contributed by atoms with Gasteiger partial charge in [0.15, 0.2) is 0 Å². The van der Waals surface area contributed by atoms with Crippen LogP contribution >= 0.6 is 0 Å². The predicted molar refractivity (Wildman–Crippen MR) is 324 cm³/mol. The molecule has 0 aromatic heterocycles. The lowest BCUT2D eigenvalue weighted by Gasteiger charge is -2.10. The first-order valence-electron chi connectivity index (χ1n) is 29.1. The molecule has 0 amide bonds. The van der Waals surface area contributed by atoms with Crippen molar-refractivity contribution < 1.29 is 57.2 Å². The molecular formula is C72H70O12. The van der Waals surface area contributed by atoms with Crippen LogP contribution in [0.15, 0.2) is 206 Å². The zero-order chi connectivity index (χ0) is 58.6. The van der Waals surface area contributed by atoms with E-state index in [4.69, 9.17) is 28.4 Å². The van der Waals surface area contributed by atoms with Crippen molar-refractivity contribution in [2.45, 2.75) is 116 Å². The molecule has 0 aliphatic heterocycles. The average molecular weight is 1130 g/mol. The van der Waals surface area contributed by atoms with E-state index in [0.29, 0.717) is 85.9 Å². The van der Waals surface area contributed by atoms with Crippen LogP contribution in [0.1, 0.15) is 116 Å². The Balaban J connectivity index is 0.622. The summed E-state index contributed by atoms with van der Waals surface area (Å²) in [5, 5.41) is 0. The highest BCUT2D eigenvalue weighted by atomic mass is 16.6. The first-order valence-corrected chi connectivity index (χ1v) is 29.1. The van der Waals surface area contributed by atoms with Crippen molar-refractivity contribution in [3.05, 3.63) is 206 Å². The number of para-hydroxylation sites is 2. The van der Waals surface area contributed by atoms with Crippen LogP contribution in [0.3, 0.4) is 0 Å². The molecule has 12 nitrogen and oxygen atoms in total. The van der Waals surface area contributed by atoms with Crippen molar-refractivity contribution >= 4 is 35.8 Å². The molecule has 8 aromatic rings. The van der Waals surface area contributed by atoms with E-state index in [1.54, 1.807) is 60.7 Å². The lowest BCUT2D eigenvalue weighted by molar-refractivity contribution is -0.135. The van der Waals surface area contributed by atoms with Gasteiger partial charge in [-0.3, -0.25) is 28.8 Å². The molecule has 0 unspecified atom stereocenters. The number of benzene rings is 8. The second-order valence-corrected chi connectivity index (χ2v) is 20.4. The third kappa shape index (κ3) is 20.2. The van der Waals surface area contributed by atoms with Crippen LogP contribution in [0.4, 0.5) is 0 Å². The minimum Gasteiger partial charge on any atom is -0.427 e. The van der Waals surface area contributed by atoms with E-state index in [0.717, 1.165) is 83.0 Å². The number of hydrogen-bond acceptors (Lipinski definition) is 12. The van der Waals surface area contributed by atoms with E-state index in [2.05, 4.69) is 0 Å². The van der Waals surface area contributed by atoms with Crippen molar-refractivity contribution in [3.8, 4) is 79.0 Å². The molecule has 8 rings (SSSR count). The molecule has 0 spiro atoms. The molecule has 0 radical (unpaired) electrons. The minimum absolute atomic E-state index is 0.256. The summed E-state index contributed by atoms with van der Waals surface area (Å²) in [6.07, 6.45) is 10.3. The Hall–Kier alpha value is -9.42. The first-order chi connectivity index (χ1) is 41.1. The zero-order valence-electron chi connectivity index (χ0n) is 47.3. The highest BCUT2D eigenvalue weighted by Gasteiger charge is 2.15. The second-order valence-electron chi connectivity index (χ2n) is 20.4. The largest absolute Gasteiger partial charge is 0.427 e. The molecule has 0 heterocycles. The summed E-state index contributed by atoms with van der Waals surface area (Å²) in [5.41, 5.74) is 7.36. The van der Waals surface area contributed by atoms with Gasteiger partial charge in [0, 0.05) is 49.7 Å². The lowest BCUT2D eigenvalue weighted by Crippen LogP contribution is -2.09. The summed E-state index contributed by atoms with van der Waals surface area (Å²) in [4.78, 5) is 75.4. The fraction of sp³-hybridized carbons (Fsp3) is 0.250. The molecule has 430 valence electrons. The summed E-state index contributed by atoms with van der Waals surface area (Å²) in [7, 11) is 0. The van der Waals surface area contributed by atoms with E-state index >= 15 is 0 Å². The highest BCUT2D eigenvalue weighted by molar-refractivity contribution is 5.80. The van der Waals surface area contributed by atoms with E-state index in [-0.39, 0.29) is 61.5 Å². The van der Waals surface area contributed by atoms with E-state index < -0.39 is 0 Å². The standard InChI is InChI=1S/C72H70O12/c73-67(79-59-45-37-53(38-46-59)55-41-49-61(50-42-55)81-69(75)33-15-3-5-17-35-71(77)83-65-29-21-19-27-63(65)57-23-9-7-10-24-57)31-13-1-2-14-32-68(74)80-60-47-39-54(40-48-60)56-43-51-62(52-44-56)82-70(76)34-16-4-6-18-36-72(78)84-66-30-22-20-28-64(66)58-25-11-8-12-26-58/h7-12,19-30,37-52H,1-6,13-18,31-36H2. The number of rotatable bonds is 31. The molecular weight excluding hydrogens is 1060 g/mol. The first kappa shape index (κ1) is 60.7. The predicted octanol–water partition coefficient (Wildman–Crippen LogP) is 16.9. The van der Waals surface area contributed by atoms with Gasteiger partial charge < -0.3 is 28.4 Å². The van der Waals surface area contributed by atoms with Crippen molar-refractivity contribution in [2.75, 3.05) is 0 Å². The summed E-state index contributed by atoms with van der Waals surface area (Å²) in [5.74, 6) is 1.06. The number of carbonyl (C=O) groups is 6. The SMILES string of the molecule is O=C(CCCCCCC(=O)Oc1ccc(-c2ccc(OC(=O)CCCCCCC(=O)Oc3ccccc3-c3ccccc3)cc2)cc1)Oc1ccc(-c2ccc(OC(=O)CCCCCCC(=O)Oc3ccccc3-c3ccccc3)cc2)cc1. The zero-order valence-corrected chi connectivity index (χ0v) is 47.3. The average Bonchev–Trinajstić information content (AvgIpc) is 3.72. The van der Waals surface area contributed by atoms with Crippen LogP contribution in [0.25, 0.3) is 44.5 Å². The Labute approximate surface area is 491 Å². The minimum atomic E-state index is -0.326. The van der Waals surface area contributed by atoms with Gasteiger partial charge in [-0.05, 0) is 133 Å². The summed E-state index contributed by atoms with van der Waals surface area (Å²) in [6.45, 7) is 0. The van der Waals surface area contributed by atoms with E-state index in [1.807, 2.05) is 146 Å². The molecule has 12 heteroatoms. The summed E-state index contributed by atoms with van der Waals surface area (Å²) in [6, 6.07) is 63.6. The molecule has 8 aromatic carbocycles. The number of unbranched alkanes of at least 4 members (excludes halogenated alkanes) is 9. The number of hydrogen-bond donors (Lipinski definition) is 0. The molecule has 0 aliphatic carbocycles. The molecule has 0 N–H and O–H groups in total. The van der Waals surface area contributed by atoms with Gasteiger partial charge in [-0.15, -0.1) is 0 Å². The molecule has 0 bridgehead atoms. The molecule has 0 aliphatic rings. The normalized spacial score (nSPS) is 10.8. The summed E-state index contributed by atoms with van der Waals surface area (Å²) >= 11 is 0. The maximum atomic E-state index is 12.6. The van der Waals surface area contributed by atoms with Gasteiger partial charge in [-0.1, -0.05) is 184 Å². The Bertz CT molecular complexity index is 3150. The Kier molecular flexibility index (Phi) is 23.7. The third-order valence-electron chi connectivity index (χ3n) is 13.9. The molecule has 0 atom stereocenters. The van der Waals surface area contributed by atoms with Crippen molar-refractivity contribution in [1.29, 1.82) is 0 Å². The summed E-state index contributed by atoms with van der Waals surface area (Å²) < 4.78 is 33.6. The van der Waals surface area contributed by atoms with Gasteiger partial charge in [0.25, 0.3) is 0 Å². The lowest BCUT2D eigenvalue weighted by atomic mass is 10.0. The molecule has 0 fully saturated rings. The Morgan fingerprint density at radius 1 is 0.202 bits per heavy atom. The monoisotopic (exact) mass is 1130 g/mol. The van der Waals surface area contributed by atoms with Crippen molar-refractivity contribution in [1.82, 2.24) is 0 Å². The van der Waals surface area contributed by atoms with E-state index in [9.17, 15) is 28.8 Å². The molecule has 0 saturated heterocycles. The van der Waals surface area contributed by atoms with Gasteiger partial charge in [0.2, 0.25) is 0 Å². The van der Waals surface area contributed by atoms with Crippen LogP contribution in [-0.2, 0) is 28.8 Å². The van der Waals surface area contributed by atoms with Gasteiger partial charge in [0.05, 0.1) is 0 Å². The van der Waals surface area contributed by atoms with Crippen LogP contribution in [0, 0.1) is 0 Å². The number of carbonyl (C=O) groups excluding carboxylic acids is 6. The van der Waals surface area contributed by atoms with Crippen LogP contribution < -0.4 is 28.4 Å². The number of ether oxygens (including phenoxy) is 6. The molecule has 0 saturated carbocycles. The van der Waals surface area contributed by atoms with E-state index in [1.165, 1.54) is 0 Å². The quantitative estimate of drug-likeness (QED) is 0.0230. The van der Waals surface area contributed by atoms with Crippen LogP contribution in [0.2, 0.25) is 0 Å². The van der Waals surface area contributed by atoms with Gasteiger partial charge >= 0.3 is 35.8 Å². The Morgan fingerprint density at radius 2 is 0.417 bits per heavy atom. The van der Waals surface area contributed by atoms with Crippen molar-refractivity contribution in [2.24, 2.45) is 0 Å². The Morgan fingerprint density at radius 3 is 0.667 bits per heavy atom. The maximum absolute atomic E-state index is 12.6. The number of esters is 6. The topological polar surface area (TPSA) is 158 Å².